The lowest BCUT2D eigenvalue weighted by Gasteiger charge is -2.04. The van der Waals surface area contributed by atoms with Crippen LogP contribution in [0, 0.1) is 0 Å². The first-order valence-corrected chi connectivity index (χ1v) is 6.68. The van der Waals surface area contributed by atoms with Gasteiger partial charge in [0.2, 0.25) is 5.76 Å². The summed E-state index contributed by atoms with van der Waals surface area (Å²) in [6.45, 7) is 0.273. The third-order valence-electron chi connectivity index (χ3n) is 3.11. The molecule has 0 spiro atoms. The van der Waals surface area contributed by atoms with Crippen LogP contribution in [0.25, 0.3) is 11.5 Å². The first-order chi connectivity index (χ1) is 10.8. The van der Waals surface area contributed by atoms with Gasteiger partial charge < -0.3 is 19.0 Å². The predicted octanol–water partition coefficient (Wildman–Crippen LogP) is 2.87. The number of hydrogen-bond donors (Lipinski definition) is 1. The van der Waals surface area contributed by atoms with Crippen molar-refractivity contribution in [2.75, 3.05) is 7.11 Å². The molecule has 112 valence electrons. The summed E-state index contributed by atoms with van der Waals surface area (Å²) in [5.41, 5.74) is 1.17. The fraction of sp³-hybridized carbons (Fsp3) is 0.125. The highest BCUT2D eigenvalue weighted by Gasteiger charge is 2.11. The Bertz CT molecular complexity index is 745. The van der Waals surface area contributed by atoms with Crippen molar-refractivity contribution in [3.05, 3.63) is 60.0 Å². The molecule has 0 saturated heterocycles. The summed E-state index contributed by atoms with van der Waals surface area (Å²) >= 11 is 0. The van der Waals surface area contributed by atoms with Crippen molar-refractivity contribution < 1.29 is 18.5 Å². The van der Waals surface area contributed by atoms with E-state index in [1.54, 1.807) is 55.8 Å². The molecule has 6 nitrogen and oxygen atoms in total. The zero-order valence-corrected chi connectivity index (χ0v) is 11.9. The van der Waals surface area contributed by atoms with Crippen molar-refractivity contribution >= 4 is 5.91 Å². The highest BCUT2D eigenvalue weighted by Crippen LogP contribution is 2.20. The molecule has 3 aromatic rings. The molecule has 0 atom stereocenters. The number of nitrogens with one attached hydrogen (secondary N) is 1. The van der Waals surface area contributed by atoms with Gasteiger partial charge in [-0.05, 0) is 36.4 Å². The molecule has 0 unspecified atom stereocenters. The molecule has 0 saturated carbocycles. The number of aromatic nitrogens is 1. The van der Waals surface area contributed by atoms with Gasteiger partial charge in [-0.15, -0.1) is 0 Å². The van der Waals surface area contributed by atoms with Gasteiger partial charge in [-0.1, -0.05) is 5.16 Å². The van der Waals surface area contributed by atoms with Gasteiger partial charge in [0.25, 0.3) is 5.91 Å². The first-order valence-electron chi connectivity index (χ1n) is 6.68. The van der Waals surface area contributed by atoms with Crippen LogP contribution in [0.4, 0.5) is 0 Å². The van der Waals surface area contributed by atoms with Gasteiger partial charge in [0.1, 0.15) is 11.4 Å². The number of methoxy groups -OCH3 is 1. The fourth-order valence-electron chi connectivity index (χ4n) is 1.95. The number of rotatable bonds is 5. The molecule has 0 aliphatic heterocycles. The quantitative estimate of drug-likeness (QED) is 0.783. The Morgan fingerprint density at radius 1 is 1.23 bits per heavy atom. The number of hydrogen-bond acceptors (Lipinski definition) is 5. The number of carbonyl (C=O) groups is 1. The van der Waals surface area contributed by atoms with Gasteiger partial charge in [0.15, 0.2) is 5.76 Å². The molecule has 3 rings (SSSR count). The number of carbonyl (C=O) groups excluding carboxylic acids is 1. The Morgan fingerprint density at radius 3 is 2.73 bits per heavy atom. The molecular weight excluding hydrogens is 284 g/mol. The largest absolute Gasteiger partial charge is 0.497 e. The van der Waals surface area contributed by atoms with Crippen LogP contribution in [0.15, 0.2) is 57.7 Å². The van der Waals surface area contributed by atoms with Crippen molar-refractivity contribution in [1.82, 2.24) is 10.5 Å². The lowest BCUT2D eigenvalue weighted by atomic mass is 10.2. The van der Waals surface area contributed by atoms with Gasteiger partial charge in [0.05, 0.1) is 19.9 Å². The zero-order valence-electron chi connectivity index (χ0n) is 11.9. The summed E-state index contributed by atoms with van der Waals surface area (Å²) in [7, 11) is 1.58. The van der Waals surface area contributed by atoms with E-state index in [-0.39, 0.29) is 12.5 Å². The number of ether oxygens (including phenoxy) is 1. The molecule has 2 heterocycles. The SMILES string of the molecule is COc1ccc(C(=O)NCc2cc(-c3ccco3)on2)cc1. The molecule has 2 aromatic heterocycles. The highest BCUT2D eigenvalue weighted by atomic mass is 16.5. The summed E-state index contributed by atoms with van der Waals surface area (Å²) in [4.78, 5) is 12.0. The molecule has 0 fully saturated rings. The third kappa shape index (κ3) is 3.01. The van der Waals surface area contributed by atoms with Crippen LogP contribution in [0.3, 0.4) is 0 Å². The van der Waals surface area contributed by atoms with Crippen LogP contribution < -0.4 is 10.1 Å². The maximum Gasteiger partial charge on any atom is 0.251 e. The van der Waals surface area contributed by atoms with E-state index in [0.29, 0.717) is 28.5 Å². The van der Waals surface area contributed by atoms with E-state index in [1.165, 1.54) is 0 Å². The Kier molecular flexibility index (Phi) is 3.91. The summed E-state index contributed by atoms with van der Waals surface area (Å²) < 4.78 is 15.4. The molecule has 1 aromatic carbocycles. The van der Waals surface area contributed by atoms with Gasteiger partial charge >= 0.3 is 0 Å². The lowest BCUT2D eigenvalue weighted by Crippen LogP contribution is -2.22. The van der Waals surface area contributed by atoms with E-state index in [0.717, 1.165) is 0 Å². The Labute approximate surface area is 126 Å². The van der Waals surface area contributed by atoms with Gasteiger partial charge in [-0.25, -0.2) is 0 Å². The van der Waals surface area contributed by atoms with Crippen LogP contribution in [0.1, 0.15) is 16.1 Å². The topological polar surface area (TPSA) is 77.5 Å². The Morgan fingerprint density at radius 2 is 2.05 bits per heavy atom. The van der Waals surface area contributed by atoms with Crippen LogP contribution in [0.2, 0.25) is 0 Å². The second-order valence-electron chi connectivity index (χ2n) is 4.57. The summed E-state index contributed by atoms with van der Waals surface area (Å²) in [6, 6.07) is 12.1. The van der Waals surface area contributed by atoms with Crippen LogP contribution in [0.5, 0.6) is 5.75 Å². The molecule has 6 heteroatoms. The Balaban J connectivity index is 1.61. The van der Waals surface area contributed by atoms with E-state index in [1.807, 2.05) is 0 Å². The number of amides is 1. The van der Waals surface area contributed by atoms with Crippen LogP contribution >= 0.6 is 0 Å². The second-order valence-corrected chi connectivity index (χ2v) is 4.57. The predicted molar refractivity (Wildman–Crippen MR) is 78.4 cm³/mol. The molecule has 0 aliphatic rings. The number of furan rings is 1. The zero-order chi connectivity index (χ0) is 15.4. The second kappa shape index (κ2) is 6.17. The minimum atomic E-state index is -0.190. The summed E-state index contributed by atoms with van der Waals surface area (Å²) in [5, 5.41) is 6.67. The van der Waals surface area contributed by atoms with E-state index < -0.39 is 0 Å². The minimum absolute atomic E-state index is 0.190. The average Bonchev–Trinajstić information content (AvgIpc) is 3.23. The lowest BCUT2D eigenvalue weighted by molar-refractivity contribution is 0.0950. The molecule has 0 bridgehead atoms. The molecule has 0 aliphatic carbocycles. The van der Waals surface area contributed by atoms with Crippen molar-refractivity contribution in [3.63, 3.8) is 0 Å². The molecule has 1 amide bonds. The standard InChI is InChI=1S/C16H14N2O4/c1-20-13-6-4-11(5-7-13)16(19)17-10-12-9-15(22-18-12)14-3-2-8-21-14/h2-9H,10H2,1H3,(H,17,19). The van der Waals surface area contributed by atoms with Crippen molar-refractivity contribution in [1.29, 1.82) is 0 Å². The number of nitrogens with zero attached hydrogens (tertiary/aromatic N) is 1. The molecule has 1 N–H and O–H groups in total. The van der Waals surface area contributed by atoms with Crippen molar-refractivity contribution in [3.8, 4) is 17.3 Å². The summed E-state index contributed by atoms with van der Waals surface area (Å²) in [6.07, 6.45) is 1.56. The van der Waals surface area contributed by atoms with Gasteiger partial charge in [-0.3, -0.25) is 4.79 Å². The normalized spacial score (nSPS) is 10.4. The third-order valence-corrected chi connectivity index (χ3v) is 3.11. The minimum Gasteiger partial charge on any atom is -0.497 e. The molecular formula is C16H14N2O4. The molecule has 0 radical (unpaired) electrons. The Hall–Kier alpha value is -3.02. The first kappa shape index (κ1) is 13.9. The average molecular weight is 298 g/mol. The van der Waals surface area contributed by atoms with Gasteiger partial charge in [0, 0.05) is 11.6 Å². The van der Waals surface area contributed by atoms with Crippen molar-refractivity contribution in [2.45, 2.75) is 6.54 Å². The highest BCUT2D eigenvalue weighted by molar-refractivity contribution is 5.94. The fourth-order valence-corrected chi connectivity index (χ4v) is 1.95. The van der Waals surface area contributed by atoms with E-state index in [9.17, 15) is 4.79 Å². The van der Waals surface area contributed by atoms with Gasteiger partial charge in [-0.2, -0.15) is 0 Å². The van der Waals surface area contributed by atoms with E-state index in [4.69, 9.17) is 13.7 Å². The summed E-state index contributed by atoms with van der Waals surface area (Å²) in [5.74, 6) is 1.64. The number of benzene rings is 1. The smallest absolute Gasteiger partial charge is 0.251 e. The van der Waals surface area contributed by atoms with Crippen LogP contribution in [-0.4, -0.2) is 18.2 Å². The maximum atomic E-state index is 12.0. The van der Waals surface area contributed by atoms with E-state index in [2.05, 4.69) is 10.5 Å². The monoisotopic (exact) mass is 298 g/mol. The van der Waals surface area contributed by atoms with E-state index >= 15 is 0 Å². The van der Waals surface area contributed by atoms with Crippen molar-refractivity contribution in [2.24, 2.45) is 0 Å². The molecule has 22 heavy (non-hydrogen) atoms. The maximum absolute atomic E-state index is 12.0. The van der Waals surface area contributed by atoms with Crippen LogP contribution in [-0.2, 0) is 6.54 Å².